The standard InChI is InChI=1S/C10H14N4O5/c1-5-11-9(19-14-5)13-8(18)12-6(15)4-10(2,3)7(16)17/h4H2,1-3H3,(H,16,17)(H2,11,12,13,14,15,18). The summed E-state index contributed by atoms with van der Waals surface area (Å²) in [6.45, 7) is 4.33. The largest absolute Gasteiger partial charge is 0.481 e. The lowest BCUT2D eigenvalue weighted by Crippen LogP contribution is -2.38. The third kappa shape index (κ3) is 4.37. The second-order valence-electron chi connectivity index (χ2n) is 4.51. The molecule has 3 N–H and O–H groups in total. The van der Waals surface area contributed by atoms with Gasteiger partial charge in [-0.15, -0.1) is 0 Å². The van der Waals surface area contributed by atoms with Crippen LogP contribution in [0.4, 0.5) is 10.8 Å². The molecule has 0 aliphatic rings. The fourth-order valence-corrected chi connectivity index (χ4v) is 1.12. The van der Waals surface area contributed by atoms with Gasteiger partial charge in [-0.1, -0.05) is 5.16 Å². The molecule has 0 bridgehead atoms. The van der Waals surface area contributed by atoms with Crippen molar-refractivity contribution in [1.29, 1.82) is 0 Å². The average molecular weight is 270 g/mol. The predicted octanol–water partition coefficient (Wildman–Crippen LogP) is 0.527. The van der Waals surface area contributed by atoms with Crippen LogP contribution in [0.1, 0.15) is 26.1 Å². The molecule has 9 heteroatoms. The summed E-state index contributed by atoms with van der Waals surface area (Å²) < 4.78 is 4.62. The van der Waals surface area contributed by atoms with Crippen LogP contribution in [0.3, 0.4) is 0 Å². The van der Waals surface area contributed by atoms with Gasteiger partial charge in [-0.05, 0) is 20.8 Å². The lowest BCUT2D eigenvalue weighted by atomic mass is 9.89. The molecule has 19 heavy (non-hydrogen) atoms. The number of carbonyl (C=O) groups is 3. The summed E-state index contributed by atoms with van der Waals surface area (Å²) in [5.41, 5.74) is -1.26. The monoisotopic (exact) mass is 270 g/mol. The molecule has 1 heterocycles. The van der Waals surface area contributed by atoms with Crippen LogP contribution in [0.2, 0.25) is 0 Å². The van der Waals surface area contributed by atoms with Crippen LogP contribution in [0.25, 0.3) is 0 Å². The zero-order valence-electron chi connectivity index (χ0n) is 10.7. The van der Waals surface area contributed by atoms with Crippen LogP contribution >= 0.6 is 0 Å². The molecule has 0 unspecified atom stereocenters. The first kappa shape index (κ1) is 14.6. The van der Waals surface area contributed by atoms with Crippen molar-refractivity contribution in [2.75, 3.05) is 5.32 Å². The Labute approximate surface area is 108 Å². The molecule has 1 aromatic heterocycles. The highest BCUT2D eigenvalue weighted by Gasteiger charge is 2.30. The first-order valence-corrected chi connectivity index (χ1v) is 5.35. The van der Waals surface area contributed by atoms with Gasteiger partial charge >= 0.3 is 18.0 Å². The smallest absolute Gasteiger partial charge is 0.329 e. The van der Waals surface area contributed by atoms with Gasteiger partial charge < -0.3 is 9.63 Å². The van der Waals surface area contributed by atoms with E-state index in [4.69, 9.17) is 5.11 Å². The highest BCUT2D eigenvalue weighted by molar-refractivity contribution is 6.01. The molecular formula is C10H14N4O5. The van der Waals surface area contributed by atoms with Crippen LogP contribution in [0.5, 0.6) is 0 Å². The lowest BCUT2D eigenvalue weighted by molar-refractivity contribution is -0.149. The summed E-state index contributed by atoms with van der Waals surface area (Å²) in [6, 6.07) is -1.02. The number of anilines is 1. The van der Waals surface area contributed by atoms with Crippen molar-refractivity contribution in [3.8, 4) is 0 Å². The summed E-state index contributed by atoms with van der Waals surface area (Å²) >= 11 is 0. The molecule has 0 fully saturated rings. The Balaban J connectivity index is 2.49. The van der Waals surface area contributed by atoms with Crippen molar-refractivity contribution < 1.29 is 24.0 Å². The summed E-state index contributed by atoms with van der Waals surface area (Å²) in [7, 11) is 0. The lowest BCUT2D eigenvalue weighted by Gasteiger charge is -2.17. The van der Waals surface area contributed by atoms with Crippen molar-refractivity contribution in [2.45, 2.75) is 27.2 Å². The fourth-order valence-electron chi connectivity index (χ4n) is 1.12. The van der Waals surface area contributed by atoms with E-state index < -0.39 is 23.3 Å². The summed E-state index contributed by atoms with van der Waals surface area (Å²) in [5, 5.41) is 16.4. The van der Waals surface area contributed by atoms with Gasteiger partial charge in [0.1, 0.15) is 0 Å². The Morgan fingerprint density at radius 1 is 1.37 bits per heavy atom. The number of hydrogen-bond acceptors (Lipinski definition) is 6. The van der Waals surface area contributed by atoms with Crippen molar-refractivity contribution in [3.05, 3.63) is 5.82 Å². The zero-order valence-corrected chi connectivity index (χ0v) is 10.7. The van der Waals surface area contributed by atoms with Gasteiger partial charge in [-0.2, -0.15) is 4.98 Å². The topological polar surface area (TPSA) is 134 Å². The number of aryl methyl sites for hydroxylation is 1. The Bertz CT molecular complexity index is 508. The van der Waals surface area contributed by atoms with Gasteiger partial charge in [0.05, 0.1) is 5.41 Å². The van der Waals surface area contributed by atoms with Crippen LogP contribution in [0, 0.1) is 12.3 Å². The highest BCUT2D eigenvalue weighted by Crippen LogP contribution is 2.19. The maximum Gasteiger partial charge on any atom is 0.329 e. The van der Waals surface area contributed by atoms with Gasteiger partial charge in [-0.25, -0.2) is 4.79 Å². The minimum atomic E-state index is -1.26. The van der Waals surface area contributed by atoms with E-state index in [0.29, 0.717) is 5.82 Å². The quantitative estimate of drug-likeness (QED) is 0.726. The molecule has 0 aliphatic heterocycles. The van der Waals surface area contributed by atoms with Crippen LogP contribution in [0.15, 0.2) is 4.52 Å². The van der Waals surface area contributed by atoms with Crippen LogP contribution in [-0.2, 0) is 9.59 Å². The minimum absolute atomic E-state index is 0.153. The summed E-state index contributed by atoms with van der Waals surface area (Å²) in [4.78, 5) is 37.4. The Morgan fingerprint density at radius 2 is 2.00 bits per heavy atom. The maximum absolute atomic E-state index is 11.5. The molecule has 3 amide bonds. The molecule has 0 saturated heterocycles. The molecule has 0 spiro atoms. The van der Waals surface area contributed by atoms with E-state index in [9.17, 15) is 14.4 Å². The molecular weight excluding hydrogens is 256 g/mol. The maximum atomic E-state index is 11.5. The van der Waals surface area contributed by atoms with Crippen molar-refractivity contribution >= 4 is 23.9 Å². The molecule has 0 saturated carbocycles. The number of carbonyl (C=O) groups excluding carboxylic acids is 2. The third-order valence-electron chi connectivity index (χ3n) is 2.18. The number of carboxylic acids is 1. The molecule has 1 aromatic rings. The minimum Gasteiger partial charge on any atom is -0.481 e. The fraction of sp³-hybridized carbons (Fsp3) is 0.500. The Hall–Kier alpha value is -2.45. The number of amides is 3. The Kier molecular flexibility index (Phi) is 4.20. The van der Waals surface area contributed by atoms with E-state index >= 15 is 0 Å². The molecule has 1 rings (SSSR count). The molecule has 0 radical (unpaired) electrons. The number of aliphatic carboxylic acids is 1. The van der Waals surface area contributed by atoms with Crippen LogP contribution in [-0.4, -0.2) is 33.2 Å². The van der Waals surface area contributed by atoms with Crippen molar-refractivity contribution in [2.24, 2.45) is 5.41 Å². The van der Waals surface area contributed by atoms with E-state index in [0.717, 1.165) is 0 Å². The van der Waals surface area contributed by atoms with E-state index in [1.54, 1.807) is 6.92 Å². The van der Waals surface area contributed by atoms with E-state index in [-0.39, 0.29) is 12.4 Å². The normalized spacial score (nSPS) is 10.9. The molecule has 9 nitrogen and oxygen atoms in total. The van der Waals surface area contributed by atoms with Crippen LogP contribution < -0.4 is 10.6 Å². The first-order valence-electron chi connectivity index (χ1n) is 5.35. The van der Waals surface area contributed by atoms with E-state index in [1.807, 2.05) is 5.32 Å². The number of hydrogen-bond donors (Lipinski definition) is 3. The van der Waals surface area contributed by atoms with Gasteiger partial charge in [-0.3, -0.25) is 20.2 Å². The number of nitrogens with one attached hydrogen (secondary N) is 2. The molecule has 0 aliphatic carbocycles. The number of urea groups is 1. The summed E-state index contributed by atoms with van der Waals surface area (Å²) in [5.74, 6) is -1.52. The van der Waals surface area contributed by atoms with Gasteiger partial charge in [0.2, 0.25) is 5.91 Å². The first-order chi connectivity index (χ1) is 8.70. The van der Waals surface area contributed by atoms with Crippen molar-refractivity contribution in [1.82, 2.24) is 15.5 Å². The van der Waals surface area contributed by atoms with Gasteiger partial charge in [0.15, 0.2) is 5.82 Å². The van der Waals surface area contributed by atoms with Crippen molar-refractivity contribution in [3.63, 3.8) is 0 Å². The van der Waals surface area contributed by atoms with Gasteiger partial charge in [0.25, 0.3) is 0 Å². The van der Waals surface area contributed by atoms with E-state index in [2.05, 4.69) is 20.0 Å². The SMILES string of the molecule is Cc1noc(NC(=O)NC(=O)CC(C)(C)C(=O)O)n1. The second-order valence-corrected chi connectivity index (χ2v) is 4.51. The number of imide groups is 1. The molecule has 104 valence electrons. The number of aromatic nitrogens is 2. The second kappa shape index (κ2) is 5.46. The number of carboxylic acid groups (broad SMARTS) is 1. The highest BCUT2D eigenvalue weighted by atomic mass is 16.5. The Morgan fingerprint density at radius 3 is 2.47 bits per heavy atom. The number of rotatable bonds is 4. The average Bonchev–Trinajstić information content (AvgIpc) is 2.61. The third-order valence-corrected chi connectivity index (χ3v) is 2.18. The molecule has 0 aromatic carbocycles. The summed E-state index contributed by atoms with van der Waals surface area (Å²) in [6.07, 6.45) is -0.335. The zero-order chi connectivity index (χ0) is 14.6. The predicted molar refractivity (Wildman–Crippen MR) is 62.2 cm³/mol. The van der Waals surface area contributed by atoms with E-state index in [1.165, 1.54) is 13.8 Å². The molecule has 0 atom stereocenters. The van der Waals surface area contributed by atoms with Gasteiger partial charge in [0, 0.05) is 6.42 Å². The number of nitrogens with zero attached hydrogens (tertiary/aromatic N) is 2.